The second-order valence-electron chi connectivity index (χ2n) is 4.54. The molecule has 1 aromatic rings. The molecular formula is C13H14ClNO3. The van der Waals surface area contributed by atoms with Crippen molar-refractivity contribution in [3.63, 3.8) is 0 Å². The first-order chi connectivity index (χ1) is 8.56. The number of aliphatic carboxylic acids is 1. The van der Waals surface area contributed by atoms with Crippen LogP contribution in [0.15, 0.2) is 24.3 Å². The normalized spacial score (nSPS) is 22.1. The number of carboxylic acids is 1. The molecule has 1 saturated carbocycles. The molecule has 18 heavy (non-hydrogen) atoms. The summed E-state index contributed by atoms with van der Waals surface area (Å²) in [5.74, 6) is -1.21. The van der Waals surface area contributed by atoms with Crippen LogP contribution in [0.3, 0.4) is 0 Å². The van der Waals surface area contributed by atoms with Gasteiger partial charge in [0.2, 0.25) is 5.91 Å². The monoisotopic (exact) mass is 267 g/mol. The molecule has 1 amide bonds. The highest BCUT2D eigenvalue weighted by molar-refractivity contribution is 6.31. The first kappa shape index (κ1) is 12.9. The van der Waals surface area contributed by atoms with Crippen molar-refractivity contribution in [1.82, 2.24) is 5.32 Å². The topological polar surface area (TPSA) is 66.4 Å². The second kappa shape index (κ2) is 5.40. The molecule has 0 radical (unpaired) electrons. The Kier molecular flexibility index (Phi) is 3.87. The number of halogens is 1. The molecule has 2 N–H and O–H groups in total. The number of benzene rings is 1. The van der Waals surface area contributed by atoms with Gasteiger partial charge in [0.15, 0.2) is 0 Å². The van der Waals surface area contributed by atoms with Gasteiger partial charge in [-0.05, 0) is 24.5 Å². The van der Waals surface area contributed by atoms with E-state index in [-0.39, 0.29) is 24.3 Å². The molecule has 1 aliphatic rings. The summed E-state index contributed by atoms with van der Waals surface area (Å²) < 4.78 is 0. The van der Waals surface area contributed by atoms with Crippen molar-refractivity contribution < 1.29 is 14.7 Å². The lowest BCUT2D eigenvalue weighted by molar-refractivity contribution is -0.146. The highest BCUT2D eigenvalue weighted by Crippen LogP contribution is 2.27. The van der Waals surface area contributed by atoms with E-state index in [0.29, 0.717) is 17.9 Å². The number of carbonyl (C=O) groups excluding carboxylic acids is 1. The highest BCUT2D eigenvalue weighted by atomic mass is 35.5. The molecule has 1 aromatic carbocycles. The van der Waals surface area contributed by atoms with Crippen LogP contribution in [-0.2, 0) is 16.0 Å². The molecule has 0 bridgehead atoms. The number of rotatable bonds is 4. The molecule has 5 heteroatoms. The van der Waals surface area contributed by atoms with E-state index in [9.17, 15) is 9.59 Å². The van der Waals surface area contributed by atoms with Crippen LogP contribution in [-0.4, -0.2) is 23.0 Å². The molecule has 0 heterocycles. The van der Waals surface area contributed by atoms with Crippen molar-refractivity contribution >= 4 is 23.5 Å². The smallest absolute Gasteiger partial charge is 0.306 e. The Morgan fingerprint density at radius 2 is 2.00 bits per heavy atom. The van der Waals surface area contributed by atoms with Gasteiger partial charge in [0, 0.05) is 11.1 Å². The van der Waals surface area contributed by atoms with Crippen molar-refractivity contribution in [3.8, 4) is 0 Å². The van der Waals surface area contributed by atoms with Crippen molar-refractivity contribution in [2.24, 2.45) is 5.92 Å². The number of hydrogen-bond donors (Lipinski definition) is 2. The van der Waals surface area contributed by atoms with E-state index in [4.69, 9.17) is 16.7 Å². The minimum absolute atomic E-state index is 0.0129. The summed E-state index contributed by atoms with van der Waals surface area (Å²) in [5, 5.41) is 12.1. The Hall–Kier alpha value is -1.55. The third-order valence-corrected chi connectivity index (χ3v) is 3.53. The molecular weight excluding hydrogens is 254 g/mol. The minimum atomic E-state index is -0.786. The molecule has 96 valence electrons. The molecule has 0 aliphatic heterocycles. The number of carboxylic acid groups (broad SMARTS) is 1. The van der Waals surface area contributed by atoms with Gasteiger partial charge < -0.3 is 10.4 Å². The van der Waals surface area contributed by atoms with E-state index in [1.165, 1.54) is 0 Å². The summed E-state index contributed by atoms with van der Waals surface area (Å²) in [6.45, 7) is 0. The fourth-order valence-electron chi connectivity index (χ4n) is 2.03. The molecule has 0 spiro atoms. The van der Waals surface area contributed by atoms with E-state index < -0.39 is 5.97 Å². The number of nitrogens with one attached hydrogen (secondary N) is 1. The predicted molar refractivity (Wildman–Crippen MR) is 67.4 cm³/mol. The van der Waals surface area contributed by atoms with E-state index in [1.807, 2.05) is 18.2 Å². The third-order valence-electron chi connectivity index (χ3n) is 3.16. The third kappa shape index (κ3) is 3.01. The zero-order valence-electron chi connectivity index (χ0n) is 9.73. The van der Waals surface area contributed by atoms with Gasteiger partial charge in [-0.3, -0.25) is 9.59 Å². The number of hydrogen-bond acceptors (Lipinski definition) is 2. The average molecular weight is 268 g/mol. The van der Waals surface area contributed by atoms with Crippen LogP contribution in [0.5, 0.6) is 0 Å². The van der Waals surface area contributed by atoms with E-state index in [0.717, 1.165) is 5.56 Å². The molecule has 0 saturated heterocycles. The Morgan fingerprint density at radius 3 is 2.61 bits per heavy atom. The molecule has 0 atom stereocenters. The van der Waals surface area contributed by atoms with Gasteiger partial charge in [-0.2, -0.15) is 0 Å². The largest absolute Gasteiger partial charge is 0.481 e. The Bertz CT molecular complexity index is 469. The van der Waals surface area contributed by atoms with Crippen molar-refractivity contribution in [3.05, 3.63) is 34.9 Å². The maximum atomic E-state index is 11.7. The molecule has 1 aliphatic carbocycles. The second-order valence-corrected chi connectivity index (χ2v) is 4.95. The van der Waals surface area contributed by atoms with Crippen LogP contribution < -0.4 is 5.32 Å². The van der Waals surface area contributed by atoms with Crippen molar-refractivity contribution in [2.75, 3.05) is 0 Å². The van der Waals surface area contributed by atoms with E-state index in [2.05, 4.69) is 5.32 Å². The van der Waals surface area contributed by atoms with Gasteiger partial charge in [-0.25, -0.2) is 0 Å². The van der Waals surface area contributed by atoms with Crippen LogP contribution in [0, 0.1) is 5.92 Å². The fourth-order valence-corrected chi connectivity index (χ4v) is 2.23. The van der Waals surface area contributed by atoms with Gasteiger partial charge in [-0.15, -0.1) is 0 Å². The summed E-state index contributed by atoms with van der Waals surface area (Å²) in [4.78, 5) is 22.3. The molecule has 0 aromatic heterocycles. The zero-order chi connectivity index (χ0) is 13.1. The molecule has 4 nitrogen and oxygen atoms in total. The van der Waals surface area contributed by atoms with Gasteiger partial charge in [0.25, 0.3) is 0 Å². The lowest BCUT2D eigenvalue weighted by Crippen LogP contribution is -2.47. The quantitative estimate of drug-likeness (QED) is 0.875. The maximum absolute atomic E-state index is 11.7. The standard InChI is InChI=1S/C13H14ClNO3/c14-11-4-2-1-3-8(11)7-12(16)15-10-5-9(6-10)13(17)18/h1-4,9-10H,5-7H2,(H,15,16)(H,17,18). The van der Waals surface area contributed by atoms with Crippen LogP contribution in [0.1, 0.15) is 18.4 Å². The van der Waals surface area contributed by atoms with Gasteiger partial charge in [0.05, 0.1) is 12.3 Å². The SMILES string of the molecule is O=C(Cc1ccccc1Cl)NC1CC(C(=O)O)C1. The minimum Gasteiger partial charge on any atom is -0.481 e. The van der Waals surface area contributed by atoms with E-state index in [1.54, 1.807) is 6.07 Å². The Morgan fingerprint density at radius 1 is 1.33 bits per heavy atom. The van der Waals surface area contributed by atoms with E-state index >= 15 is 0 Å². The molecule has 2 rings (SSSR count). The summed E-state index contributed by atoms with van der Waals surface area (Å²) in [6, 6.07) is 7.18. The average Bonchev–Trinajstić information content (AvgIpc) is 2.25. The highest BCUT2D eigenvalue weighted by Gasteiger charge is 2.35. The summed E-state index contributed by atoms with van der Waals surface area (Å²) in [7, 11) is 0. The van der Waals surface area contributed by atoms with Gasteiger partial charge in [-0.1, -0.05) is 29.8 Å². The van der Waals surface area contributed by atoms with Crippen LogP contribution in [0.4, 0.5) is 0 Å². The summed E-state index contributed by atoms with van der Waals surface area (Å²) in [5.41, 5.74) is 0.783. The Balaban J connectivity index is 1.80. The summed E-state index contributed by atoms with van der Waals surface area (Å²) >= 11 is 5.96. The molecule has 0 unspecified atom stereocenters. The van der Waals surface area contributed by atoms with Gasteiger partial charge >= 0.3 is 5.97 Å². The Labute approximate surface area is 110 Å². The van der Waals surface area contributed by atoms with Crippen molar-refractivity contribution in [2.45, 2.75) is 25.3 Å². The maximum Gasteiger partial charge on any atom is 0.306 e. The first-order valence-electron chi connectivity index (χ1n) is 5.82. The lowest BCUT2D eigenvalue weighted by atomic mass is 9.80. The predicted octanol–water partition coefficient (Wildman–Crippen LogP) is 1.86. The fraction of sp³-hybridized carbons (Fsp3) is 0.385. The number of amides is 1. The van der Waals surface area contributed by atoms with Gasteiger partial charge in [0.1, 0.15) is 0 Å². The van der Waals surface area contributed by atoms with Crippen LogP contribution in [0.2, 0.25) is 5.02 Å². The first-order valence-corrected chi connectivity index (χ1v) is 6.19. The lowest BCUT2D eigenvalue weighted by Gasteiger charge is -2.32. The number of carbonyl (C=O) groups is 2. The zero-order valence-corrected chi connectivity index (χ0v) is 10.5. The van der Waals surface area contributed by atoms with Crippen LogP contribution >= 0.6 is 11.6 Å². The van der Waals surface area contributed by atoms with Crippen LogP contribution in [0.25, 0.3) is 0 Å². The summed E-state index contributed by atoms with van der Waals surface area (Å²) in [6.07, 6.45) is 1.26. The van der Waals surface area contributed by atoms with Crippen molar-refractivity contribution in [1.29, 1.82) is 0 Å². The molecule has 1 fully saturated rings.